The fourth-order valence-corrected chi connectivity index (χ4v) is 4.14. The summed E-state index contributed by atoms with van der Waals surface area (Å²) in [6.45, 7) is 4.32. The second-order valence-electron chi connectivity index (χ2n) is 7.28. The summed E-state index contributed by atoms with van der Waals surface area (Å²) in [6.07, 6.45) is 1.88. The summed E-state index contributed by atoms with van der Waals surface area (Å²) < 4.78 is 5.19. The van der Waals surface area contributed by atoms with Crippen molar-refractivity contribution in [2.24, 2.45) is 5.92 Å². The van der Waals surface area contributed by atoms with Gasteiger partial charge in [-0.1, -0.05) is 41.4 Å². The van der Waals surface area contributed by atoms with Crippen LogP contribution in [0.25, 0.3) is 0 Å². The Labute approximate surface area is 176 Å². The topological polar surface area (TPSA) is 41.6 Å². The van der Waals surface area contributed by atoms with Gasteiger partial charge in [0.2, 0.25) is 5.91 Å². The first-order valence-electron chi connectivity index (χ1n) is 9.57. The molecule has 2 aromatic rings. The smallest absolute Gasteiger partial charge is 0.224 e. The van der Waals surface area contributed by atoms with Crippen LogP contribution in [0.1, 0.15) is 36.9 Å². The summed E-state index contributed by atoms with van der Waals surface area (Å²) in [6, 6.07) is 13.3. The van der Waals surface area contributed by atoms with E-state index in [-0.39, 0.29) is 17.9 Å². The molecule has 1 aliphatic heterocycles. The van der Waals surface area contributed by atoms with Crippen molar-refractivity contribution in [2.45, 2.75) is 32.4 Å². The lowest BCUT2D eigenvalue weighted by molar-refractivity contribution is -0.127. The Hall–Kier alpha value is -1.75. The van der Waals surface area contributed by atoms with E-state index in [4.69, 9.17) is 27.9 Å². The number of likely N-dealkylation sites (tertiary alicyclic amines) is 1. The van der Waals surface area contributed by atoms with Crippen LogP contribution in [-0.4, -0.2) is 31.0 Å². The first kappa shape index (κ1) is 21.0. The van der Waals surface area contributed by atoms with Gasteiger partial charge < -0.3 is 10.1 Å². The second-order valence-corrected chi connectivity index (χ2v) is 8.09. The van der Waals surface area contributed by atoms with Gasteiger partial charge in [0.1, 0.15) is 5.75 Å². The highest BCUT2D eigenvalue weighted by Crippen LogP contribution is 2.28. The minimum atomic E-state index is -0.0493. The molecule has 0 radical (unpaired) electrons. The van der Waals surface area contributed by atoms with Crippen LogP contribution in [0.4, 0.5) is 0 Å². The lowest BCUT2D eigenvalue weighted by Gasteiger charge is -2.33. The van der Waals surface area contributed by atoms with Gasteiger partial charge in [-0.25, -0.2) is 0 Å². The van der Waals surface area contributed by atoms with Crippen molar-refractivity contribution in [3.8, 4) is 5.75 Å². The van der Waals surface area contributed by atoms with Gasteiger partial charge in [-0.2, -0.15) is 0 Å². The Kier molecular flexibility index (Phi) is 7.22. The molecule has 0 spiro atoms. The molecule has 0 aromatic heterocycles. The molecule has 0 bridgehead atoms. The van der Waals surface area contributed by atoms with Gasteiger partial charge in [0.25, 0.3) is 0 Å². The van der Waals surface area contributed by atoms with Crippen LogP contribution in [0.3, 0.4) is 0 Å². The number of piperidine rings is 1. The maximum absolute atomic E-state index is 12.8. The van der Waals surface area contributed by atoms with E-state index in [1.807, 2.05) is 49.4 Å². The number of methoxy groups -OCH3 is 1. The molecule has 0 aliphatic carbocycles. The van der Waals surface area contributed by atoms with Gasteiger partial charge >= 0.3 is 0 Å². The molecule has 4 nitrogen and oxygen atoms in total. The third-order valence-corrected chi connectivity index (χ3v) is 6.00. The zero-order valence-electron chi connectivity index (χ0n) is 16.3. The van der Waals surface area contributed by atoms with Crippen molar-refractivity contribution in [1.82, 2.24) is 10.2 Å². The highest BCUT2D eigenvalue weighted by atomic mass is 35.5. The highest BCUT2D eigenvalue weighted by Gasteiger charge is 2.27. The summed E-state index contributed by atoms with van der Waals surface area (Å²) in [4.78, 5) is 15.1. The number of halogens is 2. The number of nitrogens with one attached hydrogen (secondary N) is 1. The van der Waals surface area contributed by atoms with E-state index >= 15 is 0 Å². The highest BCUT2D eigenvalue weighted by molar-refractivity contribution is 6.35. The van der Waals surface area contributed by atoms with Crippen LogP contribution in [0, 0.1) is 5.92 Å². The molecule has 150 valence electrons. The Bertz CT molecular complexity index is 790. The summed E-state index contributed by atoms with van der Waals surface area (Å²) in [5, 5.41) is 4.50. The summed E-state index contributed by atoms with van der Waals surface area (Å²) in [7, 11) is 1.64. The molecule has 1 saturated heterocycles. The Morgan fingerprint density at radius 2 is 1.89 bits per heavy atom. The zero-order chi connectivity index (χ0) is 20.1. The molecule has 0 saturated carbocycles. The maximum atomic E-state index is 12.8. The van der Waals surface area contributed by atoms with Crippen LogP contribution >= 0.6 is 23.2 Å². The summed E-state index contributed by atoms with van der Waals surface area (Å²) >= 11 is 12.6. The van der Waals surface area contributed by atoms with E-state index in [2.05, 4.69) is 10.2 Å². The Morgan fingerprint density at radius 3 is 2.54 bits per heavy atom. The SMILES string of the molecule is COc1ccc([C@H](C)NC(=O)[C@@H]2CCCN(Cc3c(Cl)cccc3Cl)C2)cc1. The Balaban J connectivity index is 1.59. The minimum Gasteiger partial charge on any atom is -0.497 e. The number of rotatable bonds is 6. The van der Waals surface area contributed by atoms with Crippen LogP contribution < -0.4 is 10.1 Å². The number of carbonyl (C=O) groups excluding carboxylic acids is 1. The van der Waals surface area contributed by atoms with Crippen molar-refractivity contribution in [1.29, 1.82) is 0 Å². The molecule has 1 fully saturated rings. The van der Waals surface area contributed by atoms with Gasteiger partial charge in [0.15, 0.2) is 0 Å². The minimum absolute atomic E-state index is 0.0317. The standard InChI is InChI=1S/C22H26Cl2N2O2/c1-15(16-8-10-18(28-2)11-9-16)25-22(27)17-5-4-12-26(13-17)14-19-20(23)6-3-7-21(19)24/h3,6-11,15,17H,4-5,12-14H2,1-2H3,(H,25,27)/t15-,17+/m0/s1. The third-order valence-electron chi connectivity index (χ3n) is 5.29. The zero-order valence-corrected chi connectivity index (χ0v) is 17.8. The molecule has 1 amide bonds. The monoisotopic (exact) mass is 420 g/mol. The van der Waals surface area contributed by atoms with E-state index in [1.165, 1.54) is 0 Å². The molecule has 3 rings (SSSR count). The first-order chi connectivity index (χ1) is 13.5. The van der Waals surface area contributed by atoms with Crippen molar-refractivity contribution < 1.29 is 9.53 Å². The Morgan fingerprint density at radius 1 is 1.21 bits per heavy atom. The first-order valence-corrected chi connectivity index (χ1v) is 10.3. The van der Waals surface area contributed by atoms with E-state index in [1.54, 1.807) is 7.11 Å². The van der Waals surface area contributed by atoms with Gasteiger partial charge in [0.05, 0.1) is 19.1 Å². The molecule has 1 aliphatic rings. The molecule has 1 N–H and O–H groups in total. The van der Waals surface area contributed by atoms with Crippen LogP contribution in [0.5, 0.6) is 5.75 Å². The van der Waals surface area contributed by atoms with Crippen molar-refractivity contribution in [2.75, 3.05) is 20.2 Å². The normalized spacial score (nSPS) is 18.5. The summed E-state index contributed by atoms with van der Waals surface area (Å²) in [5.41, 5.74) is 1.99. The maximum Gasteiger partial charge on any atom is 0.224 e. The van der Waals surface area contributed by atoms with Crippen LogP contribution in [0.15, 0.2) is 42.5 Å². The molecule has 6 heteroatoms. The largest absolute Gasteiger partial charge is 0.497 e. The average Bonchev–Trinajstić information content (AvgIpc) is 2.71. The number of benzene rings is 2. The molecular formula is C22H26Cl2N2O2. The van der Waals surface area contributed by atoms with E-state index < -0.39 is 0 Å². The third kappa shape index (κ3) is 5.19. The number of amides is 1. The second kappa shape index (κ2) is 9.64. The lowest BCUT2D eigenvalue weighted by Crippen LogP contribution is -2.43. The van der Waals surface area contributed by atoms with E-state index in [0.717, 1.165) is 36.3 Å². The predicted molar refractivity (Wildman–Crippen MR) is 114 cm³/mol. The number of hydrogen-bond donors (Lipinski definition) is 1. The average molecular weight is 421 g/mol. The number of nitrogens with zero attached hydrogens (tertiary/aromatic N) is 1. The van der Waals surface area contributed by atoms with Crippen molar-refractivity contribution >= 4 is 29.1 Å². The lowest BCUT2D eigenvalue weighted by atomic mass is 9.96. The van der Waals surface area contributed by atoms with Gasteiger partial charge in [-0.15, -0.1) is 0 Å². The van der Waals surface area contributed by atoms with Crippen LogP contribution in [0.2, 0.25) is 10.0 Å². The molecular weight excluding hydrogens is 395 g/mol. The van der Waals surface area contributed by atoms with Gasteiger partial charge in [0, 0.05) is 28.7 Å². The van der Waals surface area contributed by atoms with Crippen molar-refractivity contribution in [3.63, 3.8) is 0 Å². The van der Waals surface area contributed by atoms with Gasteiger partial charge in [-0.05, 0) is 56.1 Å². The molecule has 1 heterocycles. The summed E-state index contributed by atoms with van der Waals surface area (Å²) in [5.74, 6) is 0.873. The van der Waals surface area contributed by atoms with E-state index in [0.29, 0.717) is 23.1 Å². The molecule has 2 aromatic carbocycles. The van der Waals surface area contributed by atoms with Crippen molar-refractivity contribution in [3.05, 3.63) is 63.6 Å². The molecule has 2 atom stereocenters. The number of ether oxygens (including phenoxy) is 1. The predicted octanol–water partition coefficient (Wildman–Crippen LogP) is 5.09. The fourth-order valence-electron chi connectivity index (χ4n) is 3.63. The van der Waals surface area contributed by atoms with E-state index in [9.17, 15) is 4.79 Å². The fraction of sp³-hybridized carbons (Fsp3) is 0.409. The molecule has 28 heavy (non-hydrogen) atoms. The quantitative estimate of drug-likeness (QED) is 0.707. The molecule has 0 unspecified atom stereocenters. The van der Waals surface area contributed by atoms with Gasteiger partial charge in [-0.3, -0.25) is 9.69 Å². The number of hydrogen-bond acceptors (Lipinski definition) is 3. The number of carbonyl (C=O) groups is 1. The van der Waals surface area contributed by atoms with Crippen LogP contribution in [-0.2, 0) is 11.3 Å².